The number of sulfone groups is 1. The van der Waals surface area contributed by atoms with Crippen LogP contribution in [0.1, 0.15) is 20.3 Å². The number of aromatic nitrogens is 1. The molecule has 1 N–H and O–H groups in total. The molecule has 1 atom stereocenters. The van der Waals surface area contributed by atoms with Crippen LogP contribution in [0.25, 0.3) is 0 Å². The summed E-state index contributed by atoms with van der Waals surface area (Å²) < 4.78 is 23.5. The van der Waals surface area contributed by atoms with Gasteiger partial charge >= 0.3 is 5.97 Å². The van der Waals surface area contributed by atoms with Gasteiger partial charge in [-0.1, -0.05) is 6.92 Å². The van der Waals surface area contributed by atoms with Gasteiger partial charge in [-0.3, -0.25) is 4.79 Å². The number of pyridine rings is 1. The van der Waals surface area contributed by atoms with Crippen LogP contribution >= 0.6 is 0 Å². The number of hydrogen-bond acceptors (Lipinski definition) is 5. The van der Waals surface area contributed by atoms with Gasteiger partial charge in [-0.25, -0.2) is 13.4 Å². The van der Waals surface area contributed by atoms with Gasteiger partial charge in [0.05, 0.1) is 0 Å². The van der Waals surface area contributed by atoms with E-state index in [0.29, 0.717) is 6.42 Å². The molecule has 1 rings (SSSR count). The summed E-state index contributed by atoms with van der Waals surface area (Å²) in [6.07, 6.45) is 3.23. The van der Waals surface area contributed by atoms with Crippen LogP contribution < -0.4 is 4.90 Å². The molecule has 1 aromatic rings. The number of anilines is 1. The van der Waals surface area contributed by atoms with E-state index < -0.39 is 15.8 Å². The molecule has 19 heavy (non-hydrogen) atoms. The van der Waals surface area contributed by atoms with Crippen LogP contribution in [0.3, 0.4) is 0 Å². The minimum absolute atomic E-state index is 0.0524. The summed E-state index contributed by atoms with van der Waals surface area (Å²) in [5, 5.41) is 8.96. The van der Waals surface area contributed by atoms with Gasteiger partial charge in [0.1, 0.15) is 17.3 Å². The highest BCUT2D eigenvalue weighted by molar-refractivity contribution is 7.90. The molecule has 0 amide bonds. The van der Waals surface area contributed by atoms with Crippen molar-refractivity contribution in [2.45, 2.75) is 31.2 Å². The fourth-order valence-corrected chi connectivity index (χ4v) is 2.52. The molecule has 0 aliphatic rings. The molecule has 0 bridgehead atoms. The van der Waals surface area contributed by atoms with Crippen molar-refractivity contribution in [1.29, 1.82) is 0 Å². The van der Waals surface area contributed by atoms with Gasteiger partial charge < -0.3 is 10.0 Å². The first-order valence-corrected chi connectivity index (χ1v) is 7.80. The minimum atomic E-state index is -3.45. The van der Waals surface area contributed by atoms with Gasteiger partial charge in [0.2, 0.25) is 0 Å². The Morgan fingerprint density at radius 2 is 2.16 bits per heavy atom. The third-order valence-corrected chi connectivity index (χ3v) is 3.97. The highest BCUT2D eigenvalue weighted by atomic mass is 32.2. The Hall–Kier alpha value is -1.63. The Bertz CT molecular complexity index is 557. The molecule has 0 saturated carbocycles. The van der Waals surface area contributed by atoms with Gasteiger partial charge in [-0.15, -0.1) is 0 Å². The number of carbonyl (C=O) groups is 1. The average molecular weight is 286 g/mol. The molecule has 0 aromatic carbocycles. The number of rotatable bonds is 6. The maximum absolute atomic E-state index is 11.7. The van der Waals surface area contributed by atoms with Crippen molar-refractivity contribution in [3.05, 3.63) is 18.3 Å². The summed E-state index contributed by atoms with van der Waals surface area (Å²) >= 11 is 0. The van der Waals surface area contributed by atoms with Gasteiger partial charge in [0, 0.05) is 18.5 Å². The standard InChI is InChI=1S/C12H18N2O4S/c1-4-9(2)14(8-11(15)16)12-10(19(3,17)18)6-5-7-13-12/h5-7,9H,4,8H2,1-3H3,(H,15,16). The maximum Gasteiger partial charge on any atom is 0.323 e. The molecule has 0 radical (unpaired) electrons. The monoisotopic (exact) mass is 286 g/mol. The lowest BCUT2D eigenvalue weighted by atomic mass is 10.2. The van der Waals surface area contributed by atoms with Crippen molar-refractivity contribution in [2.24, 2.45) is 0 Å². The van der Waals surface area contributed by atoms with E-state index in [1.807, 2.05) is 13.8 Å². The third-order valence-electron chi connectivity index (χ3n) is 2.85. The third kappa shape index (κ3) is 3.92. The Balaban J connectivity index is 3.34. The van der Waals surface area contributed by atoms with Crippen LogP contribution in [0.2, 0.25) is 0 Å². The maximum atomic E-state index is 11.7. The predicted octanol–water partition coefficient (Wildman–Crippen LogP) is 1.17. The molecule has 1 aromatic heterocycles. The quantitative estimate of drug-likeness (QED) is 0.844. The van der Waals surface area contributed by atoms with Crippen molar-refractivity contribution >= 4 is 21.6 Å². The summed E-state index contributed by atoms with van der Waals surface area (Å²) in [5.41, 5.74) is 0. The van der Waals surface area contributed by atoms with E-state index in [1.54, 1.807) is 0 Å². The largest absolute Gasteiger partial charge is 0.480 e. The SMILES string of the molecule is CCC(C)N(CC(=O)O)c1ncccc1S(C)(=O)=O. The molecule has 0 aliphatic heterocycles. The van der Waals surface area contributed by atoms with E-state index in [4.69, 9.17) is 5.11 Å². The normalized spacial score (nSPS) is 13.0. The number of carboxylic acid groups (broad SMARTS) is 1. The lowest BCUT2D eigenvalue weighted by Gasteiger charge is -2.29. The lowest BCUT2D eigenvalue weighted by Crippen LogP contribution is -2.38. The van der Waals surface area contributed by atoms with E-state index in [9.17, 15) is 13.2 Å². The van der Waals surface area contributed by atoms with Crippen LogP contribution in [0.15, 0.2) is 23.2 Å². The molecular weight excluding hydrogens is 268 g/mol. The number of aliphatic carboxylic acids is 1. The highest BCUT2D eigenvalue weighted by Crippen LogP contribution is 2.24. The van der Waals surface area contributed by atoms with E-state index >= 15 is 0 Å². The fraction of sp³-hybridized carbons (Fsp3) is 0.500. The number of nitrogens with zero attached hydrogens (tertiary/aromatic N) is 2. The Morgan fingerprint density at radius 1 is 1.53 bits per heavy atom. The molecule has 6 nitrogen and oxygen atoms in total. The smallest absolute Gasteiger partial charge is 0.323 e. The lowest BCUT2D eigenvalue weighted by molar-refractivity contribution is -0.135. The first-order chi connectivity index (χ1) is 8.77. The second-order valence-corrected chi connectivity index (χ2v) is 6.36. The molecule has 7 heteroatoms. The van der Waals surface area contributed by atoms with Gasteiger partial charge in [0.15, 0.2) is 9.84 Å². The van der Waals surface area contributed by atoms with Crippen LogP contribution in [0, 0.1) is 0 Å². The summed E-state index contributed by atoms with van der Waals surface area (Å²) in [4.78, 5) is 16.5. The van der Waals surface area contributed by atoms with Crippen molar-refractivity contribution in [3.63, 3.8) is 0 Å². The fourth-order valence-electron chi connectivity index (χ4n) is 1.69. The Morgan fingerprint density at radius 3 is 2.63 bits per heavy atom. The van der Waals surface area contributed by atoms with E-state index in [1.165, 1.54) is 23.2 Å². The molecule has 0 aliphatic carbocycles. The Kier molecular flexibility index (Phi) is 4.88. The zero-order valence-corrected chi connectivity index (χ0v) is 12.0. The molecule has 106 valence electrons. The molecule has 0 fully saturated rings. The average Bonchev–Trinajstić information content (AvgIpc) is 2.34. The molecule has 1 heterocycles. The van der Waals surface area contributed by atoms with Crippen molar-refractivity contribution in [3.8, 4) is 0 Å². The zero-order valence-electron chi connectivity index (χ0n) is 11.2. The first-order valence-electron chi connectivity index (χ1n) is 5.90. The molecule has 0 spiro atoms. The van der Waals surface area contributed by atoms with Crippen molar-refractivity contribution < 1.29 is 18.3 Å². The second kappa shape index (κ2) is 6.01. The van der Waals surface area contributed by atoms with E-state index in [2.05, 4.69) is 4.98 Å². The summed E-state index contributed by atoms with van der Waals surface area (Å²) in [5.74, 6) is -0.827. The zero-order chi connectivity index (χ0) is 14.6. The summed E-state index contributed by atoms with van der Waals surface area (Å²) in [6.45, 7) is 3.46. The van der Waals surface area contributed by atoms with Crippen molar-refractivity contribution in [2.75, 3.05) is 17.7 Å². The Labute approximate surface area is 113 Å². The van der Waals surface area contributed by atoms with Crippen LogP contribution in [0.5, 0.6) is 0 Å². The van der Waals surface area contributed by atoms with E-state index in [-0.39, 0.29) is 23.3 Å². The topological polar surface area (TPSA) is 87.6 Å². The second-order valence-electron chi connectivity index (χ2n) is 4.38. The van der Waals surface area contributed by atoms with Gasteiger partial charge in [-0.2, -0.15) is 0 Å². The highest BCUT2D eigenvalue weighted by Gasteiger charge is 2.24. The number of hydrogen-bond donors (Lipinski definition) is 1. The van der Waals surface area contributed by atoms with Crippen LogP contribution in [-0.4, -0.2) is 43.3 Å². The van der Waals surface area contributed by atoms with Gasteiger partial charge in [0.25, 0.3) is 0 Å². The van der Waals surface area contributed by atoms with Gasteiger partial charge in [-0.05, 0) is 25.5 Å². The predicted molar refractivity (Wildman–Crippen MR) is 72.1 cm³/mol. The molecular formula is C12H18N2O4S. The number of carboxylic acids is 1. The first kappa shape index (κ1) is 15.4. The molecule has 0 saturated heterocycles. The van der Waals surface area contributed by atoms with Crippen LogP contribution in [-0.2, 0) is 14.6 Å². The minimum Gasteiger partial charge on any atom is -0.480 e. The van der Waals surface area contributed by atoms with E-state index in [0.717, 1.165) is 6.26 Å². The summed E-state index contributed by atoms with van der Waals surface area (Å²) in [7, 11) is -3.45. The van der Waals surface area contributed by atoms with Crippen molar-refractivity contribution in [1.82, 2.24) is 4.98 Å². The van der Waals surface area contributed by atoms with Crippen LogP contribution in [0.4, 0.5) is 5.82 Å². The molecule has 1 unspecified atom stereocenters. The summed E-state index contributed by atoms with van der Waals surface area (Å²) in [6, 6.07) is 2.84.